The fourth-order valence-corrected chi connectivity index (χ4v) is 6.88. The summed E-state index contributed by atoms with van der Waals surface area (Å²) in [7, 11) is 0. The van der Waals surface area contributed by atoms with Gasteiger partial charge in [0.15, 0.2) is 0 Å². The largest absolute Gasteiger partial charge is 0.467 e. The quantitative estimate of drug-likeness (QED) is 0.865. The lowest BCUT2D eigenvalue weighted by Gasteiger charge is -2.59. The van der Waals surface area contributed by atoms with Crippen molar-refractivity contribution < 1.29 is 14.0 Å². The molecule has 0 unspecified atom stereocenters. The molecule has 1 N–H and O–H groups in total. The van der Waals surface area contributed by atoms with Gasteiger partial charge in [-0.1, -0.05) is 0 Å². The van der Waals surface area contributed by atoms with Crippen molar-refractivity contribution in [2.75, 3.05) is 6.54 Å². The van der Waals surface area contributed by atoms with E-state index >= 15 is 0 Å². The smallest absolute Gasteiger partial charge is 0.225 e. The summed E-state index contributed by atoms with van der Waals surface area (Å²) in [6.07, 6.45) is 10.0. The van der Waals surface area contributed by atoms with Gasteiger partial charge in [0.25, 0.3) is 0 Å². The van der Waals surface area contributed by atoms with E-state index in [1.165, 1.54) is 38.5 Å². The van der Waals surface area contributed by atoms with Crippen molar-refractivity contribution in [2.45, 2.75) is 64.5 Å². The Morgan fingerprint density at radius 2 is 1.93 bits per heavy atom. The van der Waals surface area contributed by atoms with Gasteiger partial charge in [0, 0.05) is 19.0 Å². The predicted octanol–water partition coefficient (Wildman–Crippen LogP) is 3.35. The first-order valence-electron chi connectivity index (χ1n) is 10.6. The molecule has 1 aromatic heterocycles. The molecule has 4 saturated carbocycles. The summed E-state index contributed by atoms with van der Waals surface area (Å²) >= 11 is 0. The van der Waals surface area contributed by atoms with Crippen LogP contribution in [0.4, 0.5) is 0 Å². The van der Waals surface area contributed by atoms with Gasteiger partial charge in [-0.15, -0.1) is 0 Å². The first kappa shape index (κ1) is 17.3. The lowest BCUT2D eigenvalue weighted by molar-refractivity contribution is -0.131. The maximum absolute atomic E-state index is 12.9. The number of likely N-dealkylation sites (tertiary alicyclic amines) is 1. The third-order valence-electron chi connectivity index (χ3n) is 7.88. The number of nitrogens with one attached hydrogen (secondary N) is 1. The summed E-state index contributed by atoms with van der Waals surface area (Å²) in [4.78, 5) is 27.0. The summed E-state index contributed by atoms with van der Waals surface area (Å²) in [5.74, 6) is 3.30. The zero-order valence-electron chi connectivity index (χ0n) is 16.2. The second-order valence-corrected chi connectivity index (χ2v) is 9.76. The van der Waals surface area contributed by atoms with Gasteiger partial charge in [0.1, 0.15) is 5.76 Å². The number of nitrogens with zero attached hydrogens (tertiary/aromatic N) is 1. The molecule has 5 fully saturated rings. The molecule has 2 heterocycles. The fourth-order valence-electron chi connectivity index (χ4n) is 6.88. The van der Waals surface area contributed by atoms with E-state index in [1.54, 1.807) is 11.2 Å². The Hall–Kier alpha value is -1.78. The lowest BCUT2D eigenvalue weighted by atomic mass is 9.48. The molecule has 27 heavy (non-hydrogen) atoms. The number of rotatable bonds is 5. The number of hydrogen-bond acceptors (Lipinski definition) is 3. The second kappa shape index (κ2) is 6.39. The highest BCUT2D eigenvalue weighted by Gasteiger charge is 2.53. The van der Waals surface area contributed by atoms with Gasteiger partial charge in [-0.3, -0.25) is 9.59 Å². The Kier molecular flexibility index (Phi) is 4.10. The van der Waals surface area contributed by atoms with Crippen LogP contribution in [-0.2, 0) is 16.1 Å². The first-order chi connectivity index (χ1) is 13.0. The van der Waals surface area contributed by atoms with E-state index < -0.39 is 0 Å². The number of amides is 2. The van der Waals surface area contributed by atoms with Crippen LogP contribution in [0.2, 0.25) is 0 Å². The maximum Gasteiger partial charge on any atom is 0.225 e. The minimum Gasteiger partial charge on any atom is -0.467 e. The lowest BCUT2D eigenvalue weighted by Crippen LogP contribution is -2.56. The summed E-state index contributed by atoms with van der Waals surface area (Å²) in [6.45, 7) is 3.17. The topological polar surface area (TPSA) is 62.6 Å². The molecule has 146 valence electrons. The minimum absolute atomic E-state index is 0.0500. The molecule has 1 aliphatic heterocycles. The van der Waals surface area contributed by atoms with Crippen molar-refractivity contribution in [3.8, 4) is 0 Å². The van der Waals surface area contributed by atoms with Crippen molar-refractivity contribution in [1.82, 2.24) is 10.2 Å². The summed E-state index contributed by atoms with van der Waals surface area (Å²) in [5, 5.41) is 3.34. The average molecular weight is 370 g/mol. The van der Waals surface area contributed by atoms with Crippen molar-refractivity contribution in [3.05, 3.63) is 24.2 Å². The van der Waals surface area contributed by atoms with Crippen LogP contribution in [0, 0.1) is 29.1 Å². The van der Waals surface area contributed by atoms with E-state index in [4.69, 9.17) is 4.42 Å². The molecule has 4 bridgehead atoms. The van der Waals surface area contributed by atoms with Gasteiger partial charge >= 0.3 is 0 Å². The van der Waals surface area contributed by atoms with E-state index in [0.717, 1.165) is 23.5 Å². The molecule has 5 aliphatic rings. The van der Waals surface area contributed by atoms with Crippen molar-refractivity contribution in [2.24, 2.45) is 29.1 Å². The zero-order chi connectivity index (χ0) is 18.6. The van der Waals surface area contributed by atoms with Crippen LogP contribution in [0.1, 0.15) is 57.6 Å². The monoisotopic (exact) mass is 370 g/mol. The zero-order valence-corrected chi connectivity index (χ0v) is 16.2. The number of carbonyl (C=O) groups excluding carboxylic acids is 2. The van der Waals surface area contributed by atoms with Gasteiger partial charge in [-0.05, 0) is 80.8 Å². The highest BCUT2D eigenvalue weighted by Crippen LogP contribution is 2.61. The molecule has 5 nitrogen and oxygen atoms in total. The molecule has 4 aliphatic carbocycles. The molecular weight excluding hydrogens is 340 g/mol. The summed E-state index contributed by atoms with van der Waals surface area (Å²) in [5.41, 5.74) is 0.306. The molecule has 1 saturated heterocycles. The molecule has 5 heteroatoms. The Balaban J connectivity index is 1.21. The fraction of sp³-hybridized carbons (Fsp3) is 0.727. The molecule has 6 rings (SSSR count). The summed E-state index contributed by atoms with van der Waals surface area (Å²) in [6, 6.07) is 3.91. The maximum atomic E-state index is 12.9. The Bertz CT molecular complexity index is 691. The van der Waals surface area contributed by atoms with Crippen LogP contribution >= 0.6 is 0 Å². The molecule has 2 amide bonds. The average Bonchev–Trinajstić information content (AvgIpc) is 3.24. The van der Waals surface area contributed by atoms with Crippen LogP contribution < -0.4 is 5.32 Å². The third kappa shape index (κ3) is 3.09. The number of furan rings is 1. The van der Waals surface area contributed by atoms with Crippen molar-refractivity contribution in [3.63, 3.8) is 0 Å². The number of hydrogen-bond donors (Lipinski definition) is 1. The van der Waals surface area contributed by atoms with Gasteiger partial charge < -0.3 is 14.6 Å². The third-order valence-corrected chi connectivity index (χ3v) is 7.88. The van der Waals surface area contributed by atoms with Crippen LogP contribution in [0.3, 0.4) is 0 Å². The standard InChI is InChI=1S/C22H30N2O3/c1-14(22-9-15-5-16(10-22)7-17(6-15)11-22)23-21(26)18-8-20(25)24(12-18)13-19-3-2-4-27-19/h2-4,14-18H,5-13H2,1H3,(H,23,26)/t14-,15?,16?,17?,18+,22?/m0/s1. The van der Waals surface area contributed by atoms with E-state index in [1.807, 2.05) is 12.1 Å². The van der Waals surface area contributed by atoms with E-state index in [-0.39, 0.29) is 23.8 Å². The molecule has 0 aromatic carbocycles. The first-order valence-corrected chi connectivity index (χ1v) is 10.6. The molecule has 1 aromatic rings. The summed E-state index contributed by atoms with van der Waals surface area (Å²) < 4.78 is 5.35. The van der Waals surface area contributed by atoms with E-state index in [9.17, 15) is 9.59 Å². The Morgan fingerprint density at radius 3 is 2.52 bits per heavy atom. The van der Waals surface area contributed by atoms with E-state index in [2.05, 4.69) is 12.2 Å². The van der Waals surface area contributed by atoms with Crippen molar-refractivity contribution in [1.29, 1.82) is 0 Å². The molecule has 0 spiro atoms. The number of carbonyl (C=O) groups is 2. The van der Waals surface area contributed by atoms with Crippen LogP contribution in [0.25, 0.3) is 0 Å². The molecule has 2 atom stereocenters. The predicted molar refractivity (Wildman–Crippen MR) is 100 cm³/mol. The van der Waals surface area contributed by atoms with Crippen LogP contribution in [-0.4, -0.2) is 29.3 Å². The highest BCUT2D eigenvalue weighted by molar-refractivity contribution is 5.89. The minimum atomic E-state index is -0.233. The molecular formula is C22H30N2O3. The normalized spacial score (nSPS) is 38.4. The van der Waals surface area contributed by atoms with Gasteiger partial charge in [-0.2, -0.15) is 0 Å². The highest BCUT2D eigenvalue weighted by atomic mass is 16.3. The van der Waals surface area contributed by atoms with Gasteiger partial charge in [-0.25, -0.2) is 0 Å². The van der Waals surface area contributed by atoms with E-state index in [0.29, 0.717) is 24.9 Å². The van der Waals surface area contributed by atoms with Crippen LogP contribution in [0.15, 0.2) is 22.8 Å². The van der Waals surface area contributed by atoms with Crippen molar-refractivity contribution >= 4 is 11.8 Å². The SMILES string of the molecule is C[C@H](NC(=O)[C@@H]1CC(=O)N(Cc2ccco2)C1)C12CC3CC(CC(C3)C1)C2. The van der Waals surface area contributed by atoms with Crippen LogP contribution in [0.5, 0.6) is 0 Å². The van der Waals surface area contributed by atoms with Gasteiger partial charge in [0.05, 0.1) is 18.7 Å². The Morgan fingerprint density at radius 1 is 1.26 bits per heavy atom. The Labute approximate surface area is 160 Å². The van der Waals surface area contributed by atoms with Gasteiger partial charge in [0.2, 0.25) is 11.8 Å². The second-order valence-electron chi connectivity index (χ2n) is 9.76. The molecule has 0 radical (unpaired) electrons.